The standard InChI is InChI=1S/C38H48N2O6Si/c1-26-36(47(4,5)31-18-15-29(44-2)16-19-31)34(21-23-41)46-38(26)32-24-30(45-3)17-20-33(32)40(37(38)43)25-27-11-13-28(14-12-27)39-22-9-7-6-8-10-35(39)42/h11-20,24,26,34,36,41H,6-10,21-23,25H2,1-5H3/t26-,34+,36-,38+/m0/s1. The minimum Gasteiger partial charge on any atom is -0.497 e. The van der Waals surface area contributed by atoms with Crippen molar-refractivity contribution >= 4 is 36.4 Å². The number of carbonyl (C=O) groups is 2. The van der Waals surface area contributed by atoms with E-state index >= 15 is 0 Å². The fraction of sp³-hybridized carbons (Fsp3) is 0.474. The smallest absolute Gasteiger partial charge is 0.264 e. The van der Waals surface area contributed by atoms with Gasteiger partial charge in [0.05, 0.1) is 40.6 Å². The van der Waals surface area contributed by atoms with E-state index in [0.717, 1.165) is 60.5 Å². The van der Waals surface area contributed by atoms with Gasteiger partial charge in [-0.2, -0.15) is 0 Å². The van der Waals surface area contributed by atoms with Crippen LogP contribution >= 0.6 is 0 Å². The molecule has 1 spiro atoms. The molecule has 0 bridgehead atoms. The minimum atomic E-state index is -2.27. The van der Waals surface area contributed by atoms with Crippen LogP contribution in [0.15, 0.2) is 66.7 Å². The van der Waals surface area contributed by atoms with Crippen molar-refractivity contribution in [3.05, 3.63) is 77.9 Å². The van der Waals surface area contributed by atoms with Crippen molar-refractivity contribution in [1.82, 2.24) is 0 Å². The molecule has 3 aromatic rings. The third-order valence-electron chi connectivity index (χ3n) is 10.9. The highest BCUT2D eigenvalue weighted by Gasteiger charge is 2.66. The number of carbonyl (C=O) groups excluding carboxylic acids is 2. The number of aliphatic hydroxyl groups excluding tert-OH is 1. The molecule has 1 N–H and O–H groups in total. The number of fused-ring (bicyclic) bond motifs is 2. The third-order valence-corrected chi connectivity index (χ3v) is 15.2. The van der Waals surface area contributed by atoms with Crippen LogP contribution in [0.4, 0.5) is 11.4 Å². The van der Waals surface area contributed by atoms with Crippen LogP contribution in [0.5, 0.6) is 11.5 Å². The van der Waals surface area contributed by atoms with Crippen LogP contribution in [0.25, 0.3) is 0 Å². The summed E-state index contributed by atoms with van der Waals surface area (Å²) >= 11 is 0. The molecule has 2 amide bonds. The molecule has 0 unspecified atom stereocenters. The van der Waals surface area contributed by atoms with E-state index < -0.39 is 13.7 Å². The van der Waals surface area contributed by atoms with Gasteiger partial charge in [0.25, 0.3) is 5.91 Å². The molecule has 3 aliphatic rings. The summed E-state index contributed by atoms with van der Waals surface area (Å²) in [5.41, 5.74) is 2.37. The maximum Gasteiger partial charge on any atom is 0.264 e. The van der Waals surface area contributed by atoms with Crippen LogP contribution in [0.1, 0.15) is 56.6 Å². The number of nitrogens with zero attached hydrogens (tertiary/aromatic N) is 2. The highest BCUT2D eigenvalue weighted by atomic mass is 28.3. The molecule has 0 saturated carbocycles. The second-order valence-corrected chi connectivity index (χ2v) is 18.5. The highest BCUT2D eigenvalue weighted by molar-refractivity contribution is 6.91. The lowest BCUT2D eigenvalue weighted by atomic mass is 9.82. The molecular weight excluding hydrogens is 609 g/mol. The molecule has 6 rings (SSSR count). The predicted octanol–water partition coefficient (Wildman–Crippen LogP) is 6.15. The van der Waals surface area contributed by atoms with Crippen molar-refractivity contribution < 1.29 is 28.9 Å². The zero-order valence-corrected chi connectivity index (χ0v) is 29.3. The van der Waals surface area contributed by atoms with Gasteiger partial charge in [-0.25, -0.2) is 0 Å². The molecule has 4 atom stereocenters. The van der Waals surface area contributed by atoms with E-state index in [1.807, 2.05) is 64.4 Å². The summed E-state index contributed by atoms with van der Waals surface area (Å²) in [7, 11) is 1.03. The Morgan fingerprint density at radius 2 is 1.60 bits per heavy atom. The molecule has 3 heterocycles. The molecular formula is C38H48N2O6Si. The van der Waals surface area contributed by atoms with E-state index in [2.05, 4.69) is 32.2 Å². The molecule has 3 aliphatic heterocycles. The van der Waals surface area contributed by atoms with Crippen molar-refractivity contribution in [1.29, 1.82) is 0 Å². The quantitative estimate of drug-likeness (QED) is 0.278. The fourth-order valence-electron chi connectivity index (χ4n) is 8.37. The Bertz CT molecular complexity index is 1590. The third kappa shape index (κ3) is 5.87. The summed E-state index contributed by atoms with van der Waals surface area (Å²) in [5.74, 6) is 1.41. The summed E-state index contributed by atoms with van der Waals surface area (Å²) in [6.45, 7) is 7.92. The Labute approximate surface area is 279 Å². The summed E-state index contributed by atoms with van der Waals surface area (Å²) in [6, 6.07) is 22.2. The number of benzene rings is 3. The Kier molecular flexibility index (Phi) is 9.51. The van der Waals surface area contributed by atoms with Gasteiger partial charge in [0.2, 0.25) is 5.91 Å². The van der Waals surface area contributed by atoms with Crippen molar-refractivity contribution in [3.8, 4) is 11.5 Å². The van der Waals surface area contributed by atoms with Crippen molar-refractivity contribution in [2.24, 2.45) is 5.92 Å². The van der Waals surface area contributed by atoms with Gasteiger partial charge in [-0.05, 0) is 72.8 Å². The van der Waals surface area contributed by atoms with Crippen molar-refractivity contribution in [3.63, 3.8) is 0 Å². The van der Waals surface area contributed by atoms with Gasteiger partial charge in [-0.3, -0.25) is 9.59 Å². The van der Waals surface area contributed by atoms with E-state index in [4.69, 9.17) is 14.2 Å². The van der Waals surface area contributed by atoms with Crippen LogP contribution < -0.4 is 24.5 Å². The number of anilines is 2. The number of hydrogen-bond donors (Lipinski definition) is 1. The van der Waals surface area contributed by atoms with Gasteiger partial charge in [-0.15, -0.1) is 0 Å². The number of methoxy groups -OCH3 is 2. The van der Waals surface area contributed by atoms with Crippen LogP contribution in [0.3, 0.4) is 0 Å². The zero-order valence-electron chi connectivity index (χ0n) is 28.3. The first kappa shape index (κ1) is 33.2. The molecule has 8 nitrogen and oxygen atoms in total. The van der Waals surface area contributed by atoms with Crippen molar-refractivity contribution in [2.45, 2.75) is 82.3 Å². The first-order valence-corrected chi connectivity index (χ1v) is 20.1. The van der Waals surface area contributed by atoms with Gasteiger partial charge in [0.15, 0.2) is 5.60 Å². The average molecular weight is 657 g/mol. The van der Waals surface area contributed by atoms with Gasteiger partial charge in [-0.1, -0.05) is 62.3 Å². The number of hydrogen-bond acceptors (Lipinski definition) is 6. The predicted molar refractivity (Wildman–Crippen MR) is 187 cm³/mol. The maximum atomic E-state index is 14.9. The number of rotatable bonds is 9. The molecule has 0 radical (unpaired) electrons. The second kappa shape index (κ2) is 13.5. The lowest BCUT2D eigenvalue weighted by Crippen LogP contribution is -2.51. The van der Waals surface area contributed by atoms with Gasteiger partial charge in [0.1, 0.15) is 11.5 Å². The Morgan fingerprint density at radius 3 is 2.28 bits per heavy atom. The van der Waals surface area contributed by atoms with E-state index in [1.54, 1.807) is 14.2 Å². The van der Waals surface area contributed by atoms with Gasteiger partial charge in [0, 0.05) is 36.7 Å². The summed E-state index contributed by atoms with van der Waals surface area (Å²) < 4.78 is 18.1. The molecule has 3 aromatic carbocycles. The summed E-state index contributed by atoms with van der Waals surface area (Å²) in [5, 5.41) is 11.5. The number of amides is 2. The Balaban J connectivity index is 1.35. The maximum absolute atomic E-state index is 14.9. The Hall–Kier alpha value is -3.66. The first-order valence-electron chi connectivity index (χ1n) is 17.0. The molecule has 0 aliphatic carbocycles. The zero-order chi connectivity index (χ0) is 33.3. The molecule has 2 saturated heterocycles. The first-order chi connectivity index (χ1) is 22.6. The lowest BCUT2D eigenvalue weighted by molar-refractivity contribution is -0.146. The van der Waals surface area contributed by atoms with Gasteiger partial charge >= 0.3 is 0 Å². The number of ether oxygens (including phenoxy) is 3. The topological polar surface area (TPSA) is 88.5 Å². The van der Waals surface area contributed by atoms with Crippen LogP contribution in [-0.4, -0.2) is 58.5 Å². The van der Waals surface area contributed by atoms with E-state index in [1.165, 1.54) is 5.19 Å². The van der Waals surface area contributed by atoms with Crippen LogP contribution in [0.2, 0.25) is 18.6 Å². The highest BCUT2D eigenvalue weighted by Crippen LogP contribution is 2.60. The lowest BCUT2D eigenvalue weighted by Gasteiger charge is -2.37. The molecule has 2 fully saturated rings. The van der Waals surface area contributed by atoms with Crippen LogP contribution in [-0.2, 0) is 26.5 Å². The molecule has 0 aromatic heterocycles. The fourth-order valence-corrected chi connectivity index (χ4v) is 12.4. The largest absolute Gasteiger partial charge is 0.497 e. The van der Waals surface area contributed by atoms with Crippen LogP contribution in [0, 0.1) is 5.92 Å². The van der Waals surface area contributed by atoms with E-state index in [0.29, 0.717) is 25.1 Å². The molecule has 9 heteroatoms. The normalized spacial score (nSPS) is 24.8. The van der Waals surface area contributed by atoms with Crippen molar-refractivity contribution in [2.75, 3.05) is 37.2 Å². The van der Waals surface area contributed by atoms with Gasteiger partial charge < -0.3 is 29.1 Å². The summed E-state index contributed by atoms with van der Waals surface area (Å²) in [6.07, 6.45) is 4.95. The summed E-state index contributed by atoms with van der Waals surface area (Å²) in [4.78, 5) is 31.5. The monoisotopic (exact) mass is 656 g/mol. The molecule has 250 valence electrons. The second-order valence-electron chi connectivity index (χ2n) is 13.8. The molecule has 47 heavy (non-hydrogen) atoms. The van der Waals surface area contributed by atoms with E-state index in [-0.39, 0.29) is 36.0 Å². The SMILES string of the molecule is COc1ccc([Si](C)(C)[C@@H]2[C@@H](CCO)O[C@]3(C(=O)N(Cc4ccc(N5CCCCCCC5=O)cc4)c4ccc(OC)cc43)[C@H]2C)cc1. The Morgan fingerprint density at radius 1 is 0.915 bits per heavy atom. The minimum absolute atomic E-state index is 0.0220. The number of aliphatic hydroxyl groups is 1. The average Bonchev–Trinajstić information content (AvgIpc) is 3.49. The van der Waals surface area contributed by atoms with E-state index in [9.17, 15) is 14.7 Å².